The minimum absolute atomic E-state index is 0.0240. The number of hydrogen-bond donors (Lipinski definition) is 3. The van der Waals surface area contributed by atoms with Crippen LogP contribution in [-0.2, 0) is 27.7 Å². The molecule has 0 saturated heterocycles. The van der Waals surface area contributed by atoms with Crippen molar-refractivity contribution in [1.82, 2.24) is 28.2 Å². The lowest BCUT2D eigenvalue weighted by atomic mass is 10.2. The second-order valence-corrected chi connectivity index (χ2v) is 7.84. The Morgan fingerprint density at radius 2 is 1.82 bits per heavy atom. The summed E-state index contributed by atoms with van der Waals surface area (Å²) in [5.41, 5.74) is 1.66. The van der Waals surface area contributed by atoms with E-state index in [-0.39, 0.29) is 34.0 Å². The molecule has 0 amide bonds. The highest BCUT2D eigenvalue weighted by Crippen LogP contribution is 2.16. The highest BCUT2D eigenvalue weighted by Gasteiger charge is 2.17. The molecular formula is C20H19FN8O4S. The van der Waals surface area contributed by atoms with Crippen molar-refractivity contribution in [3.05, 3.63) is 77.2 Å². The molecule has 0 unspecified atom stereocenters. The number of hydrazone groups is 1. The van der Waals surface area contributed by atoms with Crippen LogP contribution in [0.1, 0.15) is 11.1 Å². The van der Waals surface area contributed by atoms with Gasteiger partial charge in [0.15, 0.2) is 15.9 Å². The number of benzene rings is 1. The molecule has 176 valence electrons. The first-order valence-corrected chi connectivity index (χ1v) is 10.2. The summed E-state index contributed by atoms with van der Waals surface area (Å²) < 4.78 is 18.0. The molecule has 4 aromatic rings. The SMILES string of the molecule is Cn1c(=O)c2c(nc(NN=Cc3c(O)n(Cc4ccc(F)cc4)c(=S)[nH]c3=O)n2C)n(C)c1=O. The van der Waals surface area contributed by atoms with Crippen LogP contribution in [-0.4, -0.2) is 39.6 Å². The van der Waals surface area contributed by atoms with Crippen LogP contribution in [0.4, 0.5) is 10.3 Å². The van der Waals surface area contributed by atoms with E-state index in [1.807, 2.05) is 0 Å². The average Bonchev–Trinajstić information content (AvgIpc) is 3.13. The van der Waals surface area contributed by atoms with Gasteiger partial charge in [0.1, 0.15) is 11.4 Å². The third-order valence-electron chi connectivity index (χ3n) is 5.29. The highest BCUT2D eigenvalue weighted by molar-refractivity contribution is 7.71. The van der Waals surface area contributed by atoms with Gasteiger partial charge in [0, 0.05) is 21.1 Å². The minimum Gasteiger partial charge on any atom is -0.494 e. The number of anilines is 1. The van der Waals surface area contributed by atoms with Crippen LogP contribution in [0.25, 0.3) is 11.2 Å². The fraction of sp³-hybridized carbons (Fsp3) is 0.200. The van der Waals surface area contributed by atoms with Gasteiger partial charge >= 0.3 is 5.69 Å². The van der Waals surface area contributed by atoms with Crippen LogP contribution in [0.5, 0.6) is 5.88 Å². The van der Waals surface area contributed by atoms with Crippen molar-refractivity contribution in [3.63, 3.8) is 0 Å². The maximum absolute atomic E-state index is 13.2. The van der Waals surface area contributed by atoms with Gasteiger partial charge in [-0.15, -0.1) is 0 Å². The van der Waals surface area contributed by atoms with Gasteiger partial charge in [-0.1, -0.05) is 12.1 Å². The Labute approximate surface area is 194 Å². The molecule has 0 aliphatic rings. The van der Waals surface area contributed by atoms with E-state index < -0.39 is 28.5 Å². The summed E-state index contributed by atoms with van der Waals surface area (Å²) in [5.74, 6) is -0.721. The molecule has 14 heteroatoms. The minimum atomic E-state index is -0.676. The van der Waals surface area contributed by atoms with Gasteiger partial charge in [-0.2, -0.15) is 10.1 Å². The lowest BCUT2D eigenvalue weighted by Gasteiger charge is -2.11. The van der Waals surface area contributed by atoms with Gasteiger partial charge < -0.3 is 9.67 Å². The van der Waals surface area contributed by atoms with Gasteiger partial charge in [-0.05, 0) is 29.9 Å². The number of aromatic hydroxyl groups is 1. The largest absolute Gasteiger partial charge is 0.494 e. The van der Waals surface area contributed by atoms with E-state index in [1.165, 1.54) is 52.1 Å². The van der Waals surface area contributed by atoms with Crippen LogP contribution in [0, 0.1) is 10.6 Å². The quantitative estimate of drug-likeness (QED) is 0.212. The lowest BCUT2D eigenvalue weighted by molar-refractivity contribution is 0.411. The molecule has 3 heterocycles. The third kappa shape index (κ3) is 3.83. The molecule has 0 atom stereocenters. The van der Waals surface area contributed by atoms with E-state index in [1.54, 1.807) is 7.05 Å². The first-order chi connectivity index (χ1) is 16.1. The van der Waals surface area contributed by atoms with Crippen molar-refractivity contribution < 1.29 is 9.50 Å². The number of halogens is 1. The first-order valence-electron chi connectivity index (χ1n) is 9.82. The molecule has 0 bridgehead atoms. The van der Waals surface area contributed by atoms with Gasteiger partial charge in [-0.3, -0.25) is 28.3 Å². The highest BCUT2D eigenvalue weighted by atomic mass is 32.1. The fourth-order valence-electron chi connectivity index (χ4n) is 3.38. The molecule has 0 aliphatic heterocycles. The van der Waals surface area contributed by atoms with E-state index >= 15 is 0 Å². The molecule has 12 nitrogen and oxygen atoms in total. The van der Waals surface area contributed by atoms with Crippen LogP contribution < -0.4 is 22.2 Å². The second kappa shape index (κ2) is 8.55. The number of fused-ring (bicyclic) bond motifs is 1. The zero-order valence-electron chi connectivity index (χ0n) is 18.2. The predicted molar refractivity (Wildman–Crippen MR) is 125 cm³/mol. The summed E-state index contributed by atoms with van der Waals surface area (Å²) in [6, 6.07) is 5.60. The van der Waals surface area contributed by atoms with Crippen molar-refractivity contribution in [3.8, 4) is 5.88 Å². The lowest BCUT2D eigenvalue weighted by Crippen LogP contribution is -2.37. The number of aromatic amines is 1. The molecule has 0 saturated carbocycles. The topological polar surface area (TPSA) is 144 Å². The maximum Gasteiger partial charge on any atom is 0.332 e. The monoisotopic (exact) mass is 486 g/mol. The smallest absolute Gasteiger partial charge is 0.332 e. The standard InChI is InChI=1S/C20H19FN8O4S/c1-26-13-14(27(2)20(33)28(3)17(13)32)23-18(26)25-22-8-12-15(30)24-19(34)29(16(12)31)9-10-4-6-11(21)7-5-10/h4-8,31H,9H2,1-3H3,(H,23,25)(H,24,30,34). The Bertz CT molecular complexity index is 1690. The van der Waals surface area contributed by atoms with Gasteiger partial charge in [-0.25, -0.2) is 14.6 Å². The van der Waals surface area contributed by atoms with Gasteiger partial charge in [0.05, 0.1) is 12.8 Å². The second-order valence-electron chi connectivity index (χ2n) is 7.45. The zero-order chi connectivity index (χ0) is 24.7. The van der Waals surface area contributed by atoms with E-state index in [2.05, 4.69) is 20.5 Å². The number of aryl methyl sites for hydroxylation is 2. The molecule has 0 fully saturated rings. The third-order valence-corrected chi connectivity index (χ3v) is 5.62. The van der Waals surface area contributed by atoms with E-state index in [0.717, 1.165) is 10.8 Å². The Morgan fingerprint density at radius 1 is 1.15 bits per heavy atom. The summed E-state index contributed by atoms with van der Waals surface area (Å²) in [6.45, 7) is 0.0814. The molecule has 1 aromatic carbocycles. The number of hydrogen-bond acceptors (Lipinski definition) is 8. The van der Waals surface area contributed by atoms with Crippen molar-refractivity contribution >= 4 is 35.5 Å². The zero-order valence-corrected chi connectivity index (χ0v) is 19.1. The molecule has 0 aliphatic carbocycles. The van der Waals surface area contributed by atoms with Crippen molar-refractivity contribution in [2.45, 2.75) is 6.54 Å². The normalized spacial score (nSPS) is 11.5. The van der Waals surface area contributed by atoms with Crippen LogP contribution in [0.3, 0.4) is 0 Å². The number of aromatic nitrogens is 6. The summed E-state index contributed by atoms with van der Waals surface area (Å²) in [7, 11) is 4.41. The number of rotatable bonds is 5. The van der Waals surface area contributed by atoms with Crippen LogP contribution >= 0.6 is 12.2 Å². The summed E-state index contributed by atoms with van der Waals surface area (Å²) in [5, 5.41) is 14.6. The van der Waals surface area contributed by atoms with E-state index in [4.69, 9.17) is 12.2 Å². The van der Waals surface area contributed by atoms with E-state index in [0.29, 0.717) is 5.56 Å². The Morgan fingerprint density at radius 3 is 2.50 bits per heavy atom. The van der Waals surface area contributed by atoms with Crippen molar-refractivity contribution in [2.75, 3.05) is 5.43 Å². The summed E-state index contributed by atoms with van der Waals surface area (Å²) in [4.78, 5) is 43.6. The maximum atomic E-state index is 13.2. The molecule has 0 radical (unpaired) electrons. The fourth-order valence-corrected chi connectivity index (χ4v) is 3.63. The summed E-state index contributed by atoms with van der Waals surface area (Å²) in [6.07, 6.45) is 1.07. The number of nitrogens with one attached hydrogen (secondary N) is 2. The van der Waals surface area contributed by atoms with E-state index in [9.17, 15) is 23.9 Å². The Hall–Kier alpha value is -4.33. The molecule has 3 N–H and O–H groups in total. The number of nitrogens with zero attached hydrogens (tertiary/aromatic N) is 6. The molecule has 4 rings (SSSR count). The van der Waals surface area contributed by atoms with Gasteiger partial charge in [0.2, 0.25) is 11.8 Å². The molecule has 34 heavy (non-hydrogen) atoms. The first kappa shape index (κ1) is 22.8. The number of imidazole rings is 1. The Kier molecular flexibility index (Phi) is 5.75. The molecular weight excluding hydrogens is 467 g/mol. The van der Waals surface area contributed by atoms with Gasteiger partial charge in [0.25, 0.3) is 11.1 Å². The predicted octanol–water partition coefficient (Wildman–Crippen LogP) is 0.529. The summed E-state index contributed by atoms with van der Waals surface area (Å²) >= 11 is 5.14. The van der Waals surface area contributed by atoms with Crippen LogP contribution in [0.2, 0.25) is 0 Å². The van der Waals surface area contributed by atoms with Crippen LogP contribution in [0.15, 0.2) is 43.8 Å². The van der Waals surface area contributed by atoms with Crippen molar-refractivity contribution in [2.24, 2.45) is 26.2 Å². The molecule has 0 spiro atoms. The number of H-pyrrole nitrogens is 1. The molecule has 3 aromatic heterocycles. The Balaban J connectivity index is 1.69. The van der Waals surface area contributed by atoms with Crippen molar-refractivity contribution in [1.29, 1.82) is 0 Å². The average molecular weight is 486 g/mol.